The summed E-state index contributed by atoms with van der Waals surface area (Å²) in [6.45, 7) is -0.758. The van der Waals surface area contributed by atoms with Crippen molar-refractivity contribution >= 4 is 22.6 Å². The Morgan fingerprint density at radius 2 is 2.10 bits per heavy atom. The number of aromatic nitrogens is 5. The highest BCUT2D eigenvalue weighted by Gasteiger charge is 2.46. The van der Waals surface area contributed by atoms with E-state index < -0.39 is 24.9 Å². The molecule has 3 aromatic heterocycles. The third kappa shape index (κ3) is 4.81. The molecule has 1 fully saturated rings. The number of allylic oxidation sites excluding steroid dienone is 3. The van der Waals surface area contributed by atoms with Gasteiger partial charge in [-0.1, -0.05) is 24.3 Å². The standard InChI is InChI=1S/C28H27F2N7O2/c1-36-23-10-19(4-3-18(23)9-24(36)27(38)37-15-28(29,30)16-37)25-31-11-21(14-39-2)26(35-25)34-22-7-5-17(6-8-22)20-12-32-33-13-20/h3-5,7-13,17H,6,14-16H2,1-2H3,(H,32,33)(H,31,34,35). The number of likely N-dealkylation sites (tertiary alicyclic amines) is 1. The van der Waals surface area contributed by atoms with Crippen LogP contribution < -0.4 is 5.32 Å². The quantitative estimate of drug-likeness (QED) is 0.361. The number of benzene rings is 1. The van der Waals surface area contributed by atoms with Crippen molar-refractivity contribution in [1.29, 1.82) is 0 Å². The van der Waals surface area contributed by atoms with Crippen LogP contribution in [-0.2, 0) is 18.4 Å². The van der Waals surface area contributed by atoms with E-state index in [0.717, 1.165) is 44.6 Å². The molecule has 200 valence electrons. The van der Waals surface area contributed by atoms with E-state index in [1.807, 2.05) is 36.7 Å². The van der Waals surface area contributed by atoms with Gasteiger partial charge in [0.25, 0.3) is 11.8 Å². The summed E-state index contributed by atoms with van der Waals surface area (Å²) in [4.78, 5) is 23.3. The summed E-state index contributed by atoms with van der Waals surface area (Å²) in [7, 11) is 3.38. The minimum Gasteiger partial charge on any atom is -0.380 e. The molecule has 2 aliphatic rings. The van der Waals surface area contributed by atoms with Crippen LogP contribution >= 0.6 is 0 Å². The molecule has 0 radical (unpaired) electrons. The highest BCUT2D eigenvalue weighted by molar-refractivity contribution is 6.00. The van der Waals surface area contributed by atoms with Crippen molar-refractivity contribution in [2.45, 2.75) is 24.9 Å². The van der Waals surface area contributed by atoms with Crippen LogP contribution in [-0.4, -0.2) is 61.7 Å². The van der Waals surface area contributed by atoms with E-state index in [-0.39, 0.29) is 5.92 Å². The SMILES string of the molecule is COCc1cnc(-c2ccc3cc(C(=O)N4CC(F)(F)C4)n(C)c3c2)nc1NC1=CCC(c2cn[nH]c2)C=C1. The van der Waals surface area contributed by atoms with Gasteiger partial charge in [-0.15, -0.1) is 0 Å². The maximum absolute atomic E-state index is 13.3. The molecule has 9 nitrogen and oxygen atoms in total. The molecule has 39 heavy (non-hydrogen) atoms. The van der Waals surface area contributed by atoms with Crippen molar-refractivity contribution in [2.75, 3.05) is 25.5 Å². The number of aryl methyl sites for hydroxylation is 1. The topological polar surface area (TPSA) is 101 Å². The molecule has 1 aliphatic heterocycles. The van der Waals surface area contributed by atoms with Gasteiger partial charge in [0.15, 0.2) is 5.82 Å². The number of halogens is 2. The van der Waals surface area contributed by atoms with Crippen molar-refractivity contribution in [3.63, 3.8) is 0 Å². The lowest BCUT2D eigenvalue weighted by Gasteiger charge is -2.38. The normalized spacial score (nSPS) is 18.2. The van der Waals surface area contributed by atoms with Crippen LogP contribution in [0.5, 0.6) is 0 Å². The van der Waals surface area contributed by atoms with Gasteiger partial charge < -0.3 is 19.5 Å². The van der Waals surface area contributed by atoms with Crippen LogP contribution in [0.25, 0.3) is 22.3 Å². The Labute approximate surface area is 223 Å². The minimum atomic E-state index is -2.81. The Kier molecular flexibility index (Phi) is 6.22. The first-order valence-electron chi connectivity index (χ1n) is 12.6. The first-order valence-corrected chi connectivity index (χ1v) is 12.6. The summed E-state index contributed by atoms with van der Waals surface area (Å²) < 4.78 is 33.7. The maximum Gasteiger partial charge on any atom is 0.282 e. The van der Waals surface area contributed by atoms with Crippen molar-refractivity contribution in [2.24, 2.45) is 7.05 Å². The van der Waals surface area contributed by atoms with E-state index in [1.165, 1.54) is 0 Å². The third-order valence-electron chi connectivity index (χ3n) is 7.13. The summed E-state index contributed by atoms with van der Waals surface area (Å²) in [5.74, 6) is -1.80. The zero-order valence-corrected chi connectivity index (χ0v) is 21.5. The number of hydrogen-bond donors (Lipinski definition) is 2. The maximum atomic E-state index is 13.3. The third-order valence-corrected chi connectivity index (χ3v) is 7.13. The lowest BCUT2D eigenvalue weighted by Crippen LogP contribution is -2.58. The summed E-state index contributed by atoms with van der Waals surface area (Å²) in [5, 5.41) is 11.1. The molecular weight excluding hydrogens is 504 g/mol. The highest BCUT2D eigenvalue weighted by atomic mass is 19.3. The monoisotopic (exact) mass is 531 g/mol. The number of ether oxygens (including phenoxy) is 1. The molecule has 1 aromatic carbocycles. The van der Waals surface area contributed by atoms with Gasteiger partial charge in [0.2, 0.25) is 0 Å². The predicted octanol–water partition coefficient (Wildman–Crippen LogP) is 4.64. The molecule has 6 rings (SSSR count). The molecule has 1 unspecified atom stereocenters. The summed E-state index contributed by atoms with van der Waals surface area (Å²) in [6, 6.07) is 7.40. The molecule has 11 heteroatoms. The van der Waals surface area contributed by atoms with E-state index in [4.69, 9.17) is 9.72 Å². The van der Waals surface area contributed by atoms with Crippen LogP contribution in [0.1, 0.15) is 34.0 Å². The summed E-state index contributed by atoms with van der Waals surface area (Å²) >= 11 is 0. The lowest BCUT2D eigenvalue weighted by molar-refractivity contribution is -0.113. The Morgan fingerprint density at radius 1 is 1.26 bits per heavy atom. The van der Waals surface area contributed by atoms with Crippen LogP contribution in [0.3, 0.4) is 0 Å². The first-order chi connectivity index (χ1) is 18.8. The fraction of sp³-hybridized carbons (Fsp3) is 0.286. The molecule has 0 spiro atoms. The van der Waals surface area contributed by atoms with Crippen LogP contribution in [0.2, 0.25) is 0 Å². The van der Waals surface area contributed by atoms with Crippen molar-refractivity contribution in [3.8, 4) is 11.4 Å². The van der Waals surface area contributed by atoms with Gasteiger partial charge in [0.1, 0.15) is 11.5 Å². The number of amides is 1. The molecule has 1 saturated heterocycles. The number of nitrogens with one attached hydrogen (secondary N) is 2. The molecule has 2 N–H and O–H groups in total. The number of aromatic amines is 1. The van der Waals surface area contributed by atoms with Crippen LogP contribution in [0.15, 0.2) is 66.8 Å². The molecular formula is C28H27F2N7O2. The predicted molar refractivity (Wildman–Crippen MR) is 142 cm³/mol. The Hall–Kier alpha value is -4.38. The molecule has 0 saturated carbocycles. The van der Waals surface area contributed by atoms with Crippen molar-refractivity contribution in [1.82, 2.24) is 29.6 Å². The number of methoxy groups -OCH3 is 1. The van der Waals surface area contributed by atoms with E-state index in [9.17, 15) is 13.6 Å². The number of hydrogen-bond acceptors (Lipinski definition) is 6. The van der Waals surface area contributed by atoms with Crippen molar-refractivity contribution < 1.29 is 18.3 Å². The molecule has 4 aromatic rings. The number of H-pyrrole nitrogens is 1. The van der Waals surface area contributed by atoms with Crippen LogP contribution in [0.4, 0.5) is 14.6 Å². The first kappa shape index (κ1) is 24.9. The average Bonchev–Trinajstić information content (AvgIpc) is 3.57. The summed E-state index contributed by atoms with van der Waals surface area (Å²) in [6.07, 6.45) is 12.6. The van der Waals surface area contributed by atoms with Gasteiger partial charge in [-0.05, 0) is 30.2 Å². The van der Waals surface area contributed by atoms with E-state index >= 15 is 0 Å². The molecule has 1 atom stereocenters. The van der Waals surface area contributed by atoms with E-state index in [2.05, 4.69) is 32.7 Å². The Balaban J connectivity index is 1.26. The van der Waals surface area contributed by atoms with Crippen molar-refractivity contribution in [3.05, 3.63) is 83.6 Å². The highest BCUT2D eigenvalue weighted by Crippen LogP contribution is 2.32. The fourth-order valence-corrected chi connectivity index (χ4v) is 4.97. The number of rotatable bonds is 7. The van der Waals surface area contributed by atoms with Gasteiger partial charge >= 0.3 is 0 Å². The second kappa shape index (κ2) is 9.73. The zero-order valence-electron chi connectivity index (χ0n) is 21.5. The smallest absolute Gasteiger partial charge is 0.282 e. The van der Waals surface area contributed by atoms with Gasteiger partial charge in [-0.2, -0.15) is 5.10 Å². The number of carbonyl (C=O) groups is 1. The van der Waals surface area contributed by atoms with Gasteiger partial charge in [0.05, 0.1) is 25.9 Å². The molecule has 0 bridgehead atoms. The van der Waals surface area contributed by atoms with Crippen LogP contribution in [0, 0.1) is 0 Å². The Morgan fingerprint density at radius 3 is 2.79 bits per heavy atom. The Bertz CT molecular complexity index is 1600. The van der Waals surface area contributed by atoms with Gasteiger partial charge in [-0.3, -0.25) is 9.89 Å². The number of alkyl halides is 2. The van der Waals surface area contributed by atoms with E-state index in [1.54, 1.807) is 31.0 Å². The number of anilines is 1. The number of carbonyl (C=O) groups excluding carboxylic acids is 1. The zero-order chi connectivity index (χ0) is 27.1. The largest absolute Gasteiger partial charge is 0.380 e. The second-order valence-electron chi connectivity index (χ2n) is 9.90. The number of nitrogens with zero attached hydrogens (tertiary/aromatic N) is 5. The minimum absolute atomic E-state index is 0.264. The molecule has 1 aliphatic carbocycles. The van der Waals surface area contributed by atoms with Gasteiger partial charge in [-0.25, -0.2) is 18.7 Å². The van der Waals surface area contributed by atoms with Gasteiger partial charge in [0, 0.05) is 60.2 Å². The molecule has 4 heterocycles. The lowest BCUT2D eigenvalue weighted by atomic mass is 9.94. The average molecular weight is 532 g/mol. The van der Waals surface area contributed by atoms with E-state index in [0.29, 0.717) is 23.9 Å². The number of fused-ring (bicyclic) bond motifs is 1. The summed E-state index contributed by atoms with van der Waals surface area (Å²) in [5.41, 5.74) is 4.78. The second-order valence-corrected chi connectivity index (χ2v) is 9.90. The molecule has 1 amide bonds. The fourth-order valence-electron chi connectivity index (χ4n) is 4.97.